The van der Waals surface area contributed by atoms with E-state index in [9.17, 15) is 4.79 Å². The van der Waals surface area contributed by atoms with E-state index in [1.807, 2.05) is 11.8 Å². The fourth-order valence-corrected chi connectivity index (χ4v) is 3.99. The predicted molar refractivity (Wildman–Crippen MR) is 106 cm³/mol. The molecule has 1 amide bonds. The number of carbonyl (C=O) groups is 1. The van der Waals surface area contributed by atoms with Gasteiger partial charge in [-0.05, 0) is 13.3 Å². The third kappa shape index (κ3) is 5.07. The fourth-order valence-electron chi connectivity index (χ4n) is 3.09. The highest BCUT2D eigenvalue weighted by Crippen LogP contribution is 2.26. The van der Waals surface area contributed by atoms with Crippen LogP contribution < -0.4 is 4.74 Å². The molecule has 1 aliphatic rings. The molecule has 1 saturated heterocycles. The van der Waals surface area contributed by atoms with Gasteiger partial charge in [-0.2, -0.15) is 0 Å². The summed E-state index contributed by atoms with van der Waals surface area (Å²) in [5.41, 5.74) is 1.70. The summed E-state index contributed by atoms with van der Waals surface area (Å²) < 4.78 is 5.33. The molecule has 1 N–H and O–H groups in total. The number of nitrogens with one attached hydrogen (secondary N) is 1. The molecule has 1 fully saturated rings. The lowest BCUT2D eigenvalue weighted by molar-refractivity contribution is 0.0755. The van der Waals surface area contributed by atoms with Crippen molar-refractivity contribution in [2.75, 3.05) is 32.8 Å². The van der Waals surface area contributed by atoms with E-state index in [1.54, 1.807) is 17.4 Å². The summed E-state index contributed by atoms with van der Waals surface area (Å²) in [6, 6.07) is 1.68. The highest BCUT2D eigenvalue weighted by atomic mass is 32.1. The molecule has 3 heterocycles. The van der Waals surface area contributed by atoms with E-state index in [-0.39, 0.29) is 11.3 Å². The Morgan fingerprint density at radius 1 is 1.30 bits per heavy atom. The average Bonchev–Trinajstić information content (AvgIpc) is 3.21. The van der Waals surface area contributed by atoms with Crippen molar-refractivity contribution in [1.29, 1.82) is 0 Å². The van der Waals surface area contributed by atoms with Crippen molar-refractivity contribution in [2.24, 2.45) is 0 Å². The summed E-state index contributed by atoms with van der Waals surface area (Å²) in [7, 11) is 0. The first-order valence-corrected chi connectivity index (χ1v) is 10.4. The zero-order chi connectivity index (χ0) is 19.4. The number of H-pyrrole nitrogens is 1. The van der Waals surface area contributed by atoms with Crippen molar-refractivity contribution >= 4 is 17.2 Å². The third-order valence-corrected chi connectivity index (χ3v) is 5.85. The van der Waals surface area contributed by atoms with Crippen LogP contribution in [-0.2, 0) is 12.0 Å². The van der Waals surface area contributed by atoms with Crippen LogP contribution in [0.25, 0.3) is 0 Å². The van der Waals surface area contributed by atoms with Gasteiger partial charge in [0, 0.05) is 49.6 Å². The van der Waals surface area contributed by atoms with Crippen LogP contribution in [0.4, 0.5) is 0 Å². The molecule has 0 atom stereocenters. The van der Waals surface area contributed by atoms with Crippen LogP contribution in [0.3, 0.4) is 0 Å². The van der Waals surface area contributed by atoms with Crippen molar-refractivity contribution < 1.29 is 9.53 Å². The Balaban J connectivity index is 1.56. The van der Waals surface area contributed by atoms with Gasteiger partial charge in [0.25, 0.3) is 5.91 Å². The van der Waals surface area contributed by atoms with Gasteiger partial charge in [-0.15, -0.1) is 16.4 Å². The Morgan fingerprint density at radius 3 is 2.81 bits per heavy atom. The number of aromatic nitrogens is 3. The van der Waals surface area contributed by atoms with E-state index in [0.717, 1.165) is 38.3 Å². The first-order valence-electron chi connectivity index (χ1n) is 9.51. The second kappa shape index (κ2) is 8.39. The van der Waals surface area contributed by atoms with Gasteiger partial charge in [0.15, 0.2) is 0 Å². The van der Waals surface area contributed by atoms with Gasteiger partial charge in [-0.25, -0.2) is 4.98 Å². The second-order valence-corrected chi connectivity index (χ2v) is 8.73. The largest absolute Gasteiger partial charge is 0.477 e. The van der Waals surface area contributed by atoms with E-state index in [0.29, 0.717) is 24.7 Å². The molecular formula is C19H29N5O2S. The number of rotatable bonds is 5. The van der Waals surface area contributed by atoms with Crippen molar-refractivity contribution in [2.45, 2.75) is 46.1 Å². The lowest BCUT2D eigenvalue weighted by atomic mass is 9.98. The molecule has 0 bridgehead atoms. The molecule has 3 rings (SSSR count). The molecule has 0 saturated carbocycles. The first-order chi connectivity index (χ1) is 12.9. The Labute approximate surface area is 164 Å². The van der Waals surface area contributed by atoms with E-state index >= 15 is 0 Å². The van der Waals surface area contributed by atoms with Gasteiger partial charge >= 0.3 is 0 Å². The number of thiazole rings is 1. The van der Waals surface area contributed by atoms with E-state index < -0.39 is 0 Å². The number of carbonyl (C=O) groups excluding carboxylic acids is 1. The summed E-state index contributed by atoms with van der Waals surface area (Å²) in [5, 5.41) is 10.1. The first kappa shape index (κ1) is 19.8. The van der Waals surface area contributed by atoms with Gasteiger partial charge in [0.1, 0.15) is 5.69 Å². The quantitative estimate of drug-likeness (QED) is 0.848. The van der Waals surface area contributed by atoms with Gasteiger partial charge in [-0.3, -0.25) is 14.8 Å². The highest BCUT2D eigenvalue weighted by molar-refractivity contribution is 7.09. The molecule has 0 unspecified atom stereocenters. The Bertz CT molecular complexity index is 764. The maximum Gasteiger partial charge on any atom is 0.272 e. The highest BCUT2D eigenvalue weighted by Gasteiger charge is 2.23. The van der Waals surface area contributed by atoms with Crippen molar-refractivity contribution in [3.63, 3.8) is 0 Å². The topological polar surface area (TPSA) is 74.3 Å². The molecule has 0 aliphatic carbocycles. The average molecular weight is 392 g/mol. The zero-order valence-electron chi connectivity index (χ0n) is 16.6. The number of amides is 1. The van der Waals surface area contributed by atoms with E-state index in [4.69, 9.17) is 9.72 Å². The van der Waals surface area contributed by atoms with Crippen LogP contribution in [0.15, 0.2) is 11.4 Å². The molecular weight excluding hydrogens is 362 g/mol. The number of hydrogen-bond donors (Lipinski definition) is 1. The summed E-state index contributed by atoms with van der Waals surface area (Å²) in [6.45, 7) is 13.1. The number of aromatic amines is 1. The molecule has 1 aliphatic heterocycles. The van der Waals surface area contributed by atoms with Crippen molar-refractivity contribution in [1.82, 2.24) is 25.0 Å². The minimum absolute atomic E-state index is 0.0148. The fraction of sp³-hybridized carbons (Fsp3) is 0.632. The third-order valence-electron chi connectivity index (χ3n) is 4.53. The number of ether oxygens (including phenoxy) is 1. The normalized spacial score (nSPS) is 16.4. The summed E-state index contributed by atoms with van der Waals surface area (Å²) in [4.78, 5) is 21.8. The lowest BCUT2D eigenvalue weighted by Crippen LogP contribution is -2.35. The van der Waals surface area contributed by atoms with Crippen LogP contribution in [0.2, 0.25) is 0 Å². The van der Waals surface area contributed by atoms with Gasteiger partial charge in [-0.1, -0.05) is 20.8 Å². The summed E-state index contributed by atoms with van der Waals surface area (Å²) >= 11 is 1.73. The smallest absolute Gasteiger partial charge is 0.272 e. The molecule has 27 heavy (non-hydrogen) atoms. The van der Waals surface area contributed by atoms with E-state index in [1.165, 1.54) is 5.01 Å². The van der Waals surface area contributed by atoms with E-state index in [2.05, 4.69) is 41.2 Å². The molecule has 0 radical (unpaired) electrons. The van der Waals surface area contributed by atoms with Crippen LogP contribution in [0.5, 0.6) is 5.88 Å². The van der Waals surface area contributed by atoms with Crippen LogP contribution in [0, 0.1) is 0 Å². The molecule has 2 aromatic rings. The maximum atomic E-state index is 12.7. The van der Waals surface area contributed by atoms with Crippen LogP contribution in [-0.4, -0.2) is 63.7 Å². The summed E-state index contributed by atoms with van der Waals surface area (Å²) in [6.07, 6.45) is 0.953. The minimum Gasteiger partial charge on any atom is -0.477 e. The molecule has 0 spiro atoms. The van der Waals surface area contributed by atoms with Gasteiger partial charge < -0.3 is 9.64 Å². The Hall–Kier alpha value is -1.93. The van der Waals surface area contributed by atoms with Crippen LogP contribution >= 0.6 is 11.3 Å². The second-order valence-electron chi connectivity index (χ2n) is 7.87. The van der Waals surface area contributed by atoms with Gasteiger partial charge in [0.05, 0.1) is 17.3 Å². The monoisotopic (exact) mass is 391 g/mol. The maximum absolute atomic E-state index is 12.7. The lowest BCUT2D eigenvalue weighted by Gasteiger charge is -2.21. The molecule has 7 nitrogen and oxygen atoms in total. The number of nitrogens with zero attached hydrogens (tertiary/aromatic N) is 4. The predicted octanol–water partition coefficient (Wildman–Crippen LogP) is 2.91. The standard InChI is InChI=1S/C19H29N5O2S/c1-5-26-16-11-15(21-22-16)17(25)24-8-6-7-23(9-10-24)12-14-13-27-18(20-14)19(2,3)4/h11,13H,5-10,12H2,1-4H3,(H,21,22). The minimum atomic E-state index is -0.0148. The Kier molecular flexibility index (Phi) is 6.16. The SMILES string of the molecule is CCOc1cc(C(=O)N2CCCN(Cc3csc(C(C)(C)C)n3)CC2)[nH]n1. The molecule has 148 valence electrons. The van der Waals surface area contributed by atoms with Crippen molar-refractivity contribution in [3.8, 4) is 5.88 Å². The van der Waals surface area contributed by atoms with Crippen molar-refractivity contribution in [3.05, 3.63) is 27.8 Å². The summed E-state index contributed by atoms with van der Waals surface area (Å²) in [5.74, 6) is 0.453. The molecule has 2 aromatic heterocycles. The molecule has 0 aromatic carbocycles. The Morgan fingerprint density at radius 2 is 2.11 bits per heavy atom. The zero-order valence-corrected chi connectivity index (χ0v) is 17.4. The number of hydrogen-bond acceptors (Lipinski definition) is 6. The van der Waals surface area contributed by atoms with Gasteiger partial charge in [0.2, 0.25) is 5.88 Å². The molecule has 8 heteroatoms. The van der Waals surface area contributed by atoms with Crippen LogP contribution in [0.1, 0.15) is 55.3 Å².